The molecule has 19 heavy (non-hydrogen) atoms. The first-order chi connectivity index (χ1) is 9.25. The number of carbonyl (C=O) groups is 1. The van der Waals surface area contributed by atoms with E-state index >= 15 is 0 Å². The summed E-state index contributed by atoms with van der Waals surface area (Å²) in [5.74, 6) is -0.324. The molecule has 0 saturated carbocycles. The van der Waals surface area contributed by atoms with Crippen LogP contribution in [0, 0.1) is 0 Å². The number of hydrogen-bond acceptors (Lipinski definition) is 4. The molecule has 1 N–H and O–H groups in total. The fourth-order valence-electron chi connectivity index (χ4n) is 1.69. The number of nitrogens with zero attached hydrogens (tertiary/aromatic N) is 2. The van der Waals surface area contributed by atoms with Gasteiger partial charge in [0.2, 0.25) is 0 Å². The highest BCUT2D eigenvalue weighted by atomic mass is 32.1. The largest absolute Gasteiger partial charge is 0.316 e. The van der Waals surface area contributed by atoms with Crippen molar-refractivity contribution in [3.8, 4) is 0 Å². The number of nitrogens with one attached hydrogen (secondary N) is 1. The van der Waals surface area contributed by atoms with E-state index in [4.69, 9.17) is 0 Å². The maximum Gasteiger partial charge on any atom is 0.282 e. The Bertz CT molecular complexity index is 792. The zero-order valence-corrected chi connectivity index (χ0v) is 10.6. The average molecular weight is 271 g/mol. The summed E-state index contributed by atoms with van der Waals surface area (Å²) in [6.45, 7) is 0. The van der Waals surface area contributed by atoms with Crippen molar-refractivity contribution in [2.45, 2.75) is 0 Å². The number of amides is 1. The number of benzene rings is 1. The summed E-state index contributed by atoms with van der Waals surface area (Å²) in [4.78, 5) is 28.7. The molecular weight excluding hydrogens is 262 g/mol. The molecule has 3 rings (SSSR count). The van der Waals surface area contributed by atoms with E-state index in [1.165, 1.54) is 21.9 Å². The molecule has 0 unspecified atom stereocenters. The monoisotopic (exact) mass is 271 g/mol. The van der Waals surface area contributed by atoms with Crippen LogP contribution in [-0.4, -0.2) is 15.3 Å². The second-order valence-electron chi connectivity index (χ2n) is 3.85. The number of rotatable bonds is 2. The molecule has 1 amide bonds. The van der Waals surface area contributed by atoms with Crippen LogP contribution in [0.1, 0.15) is 10.4 Å². The summed E-state index contributed by atoms with van der Waals surface area (Å²) in [6.07, 6.45) is 3.02. The number of aromatic nitrogens is 2. The summed E-state index contributed by atoms with van der Waals surface area (Å²) in [7, 11) is 0. The highest BCUT2D eigenvalue weighted by Gasteiger charge is 2.10. The van der Waals surface area contributed by atoms with Gasteiger partial charge < -0.3 is 5.32 Å². The van der Waals surface area contributed by atoms with Crippen LogP contribution in [0.2, 0.25) is 0 Å². The van der Waals surface area contributed by atoms with Crippen LogP contribution in [0.25, 0.3) is 4.96 Å². The van der Waals surface area contributed by atoms with Crippen LogP contribution in [0.3, 0.4) is 0 Å². The van der Waals surface area contributed by atoms with Gasteiger partial charge in [0.05, 0.1) is 6.20 Å². The molecule has 0 bridgehead atoms. The van der Waals surface area contributed by atoms with Crippen LogP contribution in [0.4, 0.5) is 5.69 Å². The molecule has 0 saturated heterocycles. The summed E-state index contributed by atoms with van der Waals surface area (Å²) in [5.41, 5.74) is 0.387. The van der Waals surface area contributed by atoms with Crippen molar-refractivity contribution in [2.75, 3.05) is 5.32 Å². The molecule has 0 aliphatic heterocycles. The van der Waals surface area contributed by atoms with Gasteiger partial charge in [0, 0.05) is 17.1 Å². The fraction of sp³-hybridized carbons (Fsp3) is 0. The van der Waals surface area contributed by atoms with Gasteiger partial charge in [-0.15, -0.1) is 11.3 Å². The Balaban J connectivity index is 1.96. The summed E-state index contributed by atoms with van der Waals surface area (Å²) in [6, 6.07) is 8.72. The van der Waals surface area contributed by atoms with Crippen molar-refractivity contribution in [3.63, 3.8) is 0 Å². The predicted octanol–water partition coefficient (Wildman–Crippen LogP) is 2.01. The van der Waals surface area contributed by atoms with E-state index < -0.39 is 0 Å². The maximum absolute atomic E-state index is 12.1. The van der Waals surface area contributed by atoms with E-state index in [2.05, 4.69) is 10.3 Å². The molecule has 0 spiro atoms. The molecule has 0 radical (unpaired) electrons. The summed E-state index contributed by atoms with van der Waals surface area (Å²) in [5, 5.41) is 4.35. The Morgan fingerprint density at radius 1 is 1.26 bits per heavy atom. The van der Waals surface area contributed by atoms with Gasteiger partial charge in [-0.1, -0.05) is 18.2 Å². The minimum absolute atomic E-state index is 0.171. The second kappa shape index (κ2) is 4.66. The first-order valence-corrected chi connectivity index (χ1v) is 6.45. The Morgan fingerprint density at radius 2 is 2.05 bits per heavy atom. The number of thiazole rings is 1. The standard InChI is InChI=1S/C13H9N3O2S/c17-11(9-4-2-1-3-5-9)15-10-8-14-13-16(12(10)18)6-7-19-13/h1-8H,(H,15,17). The van der Waals surface area contributed by atoms with Gasteiger partial charge in [0.25, 0.3) is 11.5 Å². The second-order valence-corrected chi connectivity index (χ2v) is 4.73. The van der Waals surface area contributed by atoms with Gasteiger partial charge >= 0.3 is 0 Å². The topological polar surface area (TPSA) is 63.5 Å². The average Bonchev–Trinajstić information content (AvgIpc) is 2.92. The van der Waals surface area contributed by atoms with Gasteiger partial charge in [0.1, 0.15) is 5.69 Å². The maximum atomic E-state index is 12.1. The van der Waals surface area contributed by atoms with Crippen molar-refractivity contribution in [2.24, 2.45) is 0 Å². The molecule has 1 aromatic carbocycles. The third-order valence-corrected chi connectivity index (χ3v) is 3.40. The van der Waals surface area contributed by atoms with Crippen LogP contribution in [0.15, 0.2) is 52.9 Å². The lowest BCUT2D eigenvalue weighted by Crippen LogP contribution is -2.22. The van der Waals surface area contributed by atoms with Crippen molar-refractivity contribution in [1.29, 1.82) is 0 Å². The molecule has 2 aromatic heterocycles. The minimum atomic E-state index is -0.324. The van der Waals surface area contributed by atoms with E-state index in [1.54, 1.807) is 35.8 Å². The summed E-state index contributed by atoms with van der Waals surface area (Å²) >= 11 is 1.36. The highest BCUT2D eigenvalue weighted by molar-refractivity contribution is 7.15. The van der Waals surface area contributed by atoms with Crippen LogP contribution < -0.4 is 10.9 Å². The highest BCUT2D eigenvalue weighted by Crippen LogP contribution is 2.09. The molecule has 0 aliphatic carbocycles. The smallest absolute Gasteiger partial charge is 0.282 e. The first-order valence-electron chi connectivity index (χ1n) is 5.57. The zero-order chi connectivity index (χ0) is 13.2. The Labute approximate surface area is 112 Å². The number of carbonyl (C=O) groups excluding carboxylic acids is 1. The molecule has 6 heteroatoms. The predicted molar refractivity (Wildman–Crippen MR) is 73.7 cm³/mol. The van der Waals surface area contributed by atoms with Gasteiger partial charge in [-0.05, 0) is 12.1 Å². The van der Waals surface area contributed by atoms with E-state index in [0.29, 0.717) is 10.5 Å². The zero-order valence-electron chi connectivity index (χ0n) is 9.74. The van der Waals surface area contributed by atoms with E-state index in [0.717, 1.165) is 0 Å². The lowest BCUT2D eigenvalue weighted by Gasteiger charge is -2.04. The SMILES string of the molecule is O=C(Nc1cnc2sccn2c1=O)c1ccccc1. The molecular formula is C13H9N3O2S. The Morgan fingerprint density at radius 3 is 2.84 bits per heavy atom. The van der Waals surface area contributed by atoms with E-state index in [1.807, 2.05) is 6.07 Å². The van der Waals surface area contributed by atoms with E-state index in [9.17, 15) is 9.59 Å². The number of anilines is 1. The lowest BCUT2D eigenvalue weighted by atomic mass is 10.2. The quantitative estimate of drug-likeness (QED) is 0.775. The molecule has 5 nitrogen and oxygen atoms in total. The van der Waals surface area contributed by atoms with Crippen LogP contribution in [-0.2, 0) is 0 Å². The normalized spacial score (nSPS) is 10.5. The van der Waals surface area contributed by atoms with Crippen molar-refractivity contribution in [1.82, 2.24) is 9.38 Å². The third-order valence-electron chi connectivity index (χ3n) is 2.63. The molecule has 3 aromatic rings. The lowest BCUT2D eigenvalue weighted by molar-refractivity contribution is 0.102. The molecule has 94 valence electrons. The third kappa shape index (κ3) is 2.13. The van der Waals surface area contributed by atoms with Crippen LogP contribution in [0.5, 0.6) is 0 Å². The fourth-order valence-corrected chi connectivity index (χ4v) is 2.37. The van der Waals surface area contributed by atoms with Crippen molar-refractivity contribution in [3.05, 3.63) is 64.0 Å². The number of fused-ring (bicyclic) bond motifs is 1. The molecule has 2 heterocycles. The Kier molecular flexibility index (Phi) is 2.85. The molecule has 0 aliphatic rings. The van der Waals surface area contributed by atoms with Gasteiger partial charge in [-0.25, -0.2) is 4.98 Å². The molecule has 0 atom stereocenters. The summed E-state index contributed by atoms with van der Waals surface area (Å²) < 4.78 is 1.41. The minimum Gasteiger partial charge on any atom is -0.316 e. The van der Waals surface area contributed by atoms with Gasteiger partial charge in [-0.3, -0.25) is 14.0 Å². The van der Waals surface area contributed by atoms with Crippen molar-refractivity contribution < 1.29 is 4.79 Å². The van der Waals surface area contributed by atoms with Gasteiger partial charge in [0.15, 0.2) is 4.96 Å². The van der Waals surface area contributed by atoms with E-state index in [-0.39, 0.29) is 17.2 Å². The Hall–Kier alpha value is -2.47. The number of hydrogen-bond donors (Lipinski definition) is 1. The van der Waals surface area contributed by atoms with Crippen LogP contribution >= 0.6 is 11.3 Å². The molecule has 0 fully saturated rings. The van der Waals surface area contributed by atoms with Gasteiger partial charge in [-0.2, -0.15) is 0 Å². The first kappa shape index (κ1) is 11.6. The van der Waals surface area contributed by atoms with Crippen molar-refractivity contribution >= 4 is 27.9 Å².